The summed E-state index contributed by atoms with van der Waals surface area (Å²) in [7, 11) is 0. The van der Waals surface area contributed by atoms with Crippen molar-refractivity contribution in [1.82, 2.24) is 9.78 Å². The Balaban J connectivity index is 2.24. The summed E-state index contributed by atoms with van der Waals surface area (Å²) < 4.78 is 2.09. The third kappa shape index (κ3) is 2.41. The number of aromatic nitrogens is 2. The first-order valence-electron chi connectivity index (χ1n) is 7.11. The molecule has 0 unspecified atom stereocenters. The summed E-state index contributed by atoms with van der Waals surface area (Å²) >= 11 is 3.42. The van der Waals surface area contributed by atoms with Crippen LogP contribution in [0.15, 0.2) is 15.5 Å². The van der Waals surface area contributed by atoms with E-state index in [1.807, 2.05) is 0 Å². The molecule has 0 aromatic carbocycles. The average molecular weight is 342 g/mol. The molecular weight excluding hydrogens is 318 g/mol. The fraction of sp³-hybridized carbons (Fsp3) is 0.733. The Hall–Kier alpha value is -0.840. The Morgan fingerprint density at radius 3 is 2.35 bits per heavy atom. The van der Waals surface area contributed by atoms with E-state index in [9.17, 15) is 4.79 Å². The fourth-order valence-corrected chi connectivity index (χ4v) is 3.18. The monoisotopic (exact) mass is 341 g/mol. The van der Waals surface area contributed by atoms with Gasteiger partial charge in [0.15, 0.2) is 0 Å². The van der Waals surface area contributed by atoms with Crippen LogP contribution < -0.4 is 10.9 Å². The van der Waals surface area contributed by atoms with Gasteiger partial charge in [0.25, 0.3) is 5.56 Å². The minimum atomic E-state index is -0.0695. The highest BCUT2D eigenvalue weighted by atomic mass is 79.9. The molecule has 0 spiro atoms. The van der Waals surface area contributed by atoms with E-state index in [4.69, 9.17) is 0 Å². The quantitative estimate of drug-likeness (QED) is 0.911. The van der Waals surface area contributed by atoms with Crippen molar-refractivity contribution in [3.8, 4) is 0 Å². The van der Waals surface area contributed by atoms with Gasteiger partial charge in [-0.25, -0.2) is 4.68 Å². The zero-order valence-electron chi connectivity index (χ0n) is 13.1. The lowest BCUT2D eigenvalue weighted by molar-refractivity contribution is 0.457. The van der Waals surface area contributed by atoms with Gasteiger partial charge in [0.05, 0.1) is 11.9 Å². The van der Waals surface area contributed by atoms with Gasteiger partial charge in [0.2, 0.25) is 0 Å². The lowest BCUT2D eigenvalue weighted by atomic mass is 10.0. The van der Waals surface area contributed by atoms with Crippen LogP contribution in [-0.4, -0.2) is 15.8 Å². The summed E-state index contributed by atoms with van der Waals surface area (Å²) in [6, 6.07) is 0.355. The van der Waals surface area contributed by atoms with E-state index < -0.39 is 0 Å². The Morgan fingerprint density at radius 2 is 1.90 bits per heavy atom. The summed E-state index contributed by atoms with van der Waals surface area (Å²) in [4.78, 5) is 12.3. The van der Waals surface area contributed by atoms with Gasteiger partial charge >= 0.3 is 0 Å². The van der Waals surface area contributed by atoms with Crippen LogP contribution in [0.1, 0.15) is 41.5 Å². The molecule has 1 heterocycles. The van der Waals surface area contributed by atoms with E-state index in [0.717, 1.165) is 5.69 Å². The molecule has 5 heteroatoms. The first-order valence-corrected chi connectivity index (χ1v) is 7.90. The van der Waals surface area contributed by atoms with Crippen molar-refractivity contribution in [2.24, 2.45) is 16.7 Å². The molecule has 0 aliphatic heterocycles. The largest absolute Gasteiger partial charge is 0.379 e. The molecule has 0 radical (unpaired) electrons. The molecule has 4 nitrogen and oxygen atoms in total. The van der Waals surface area contributed by atoms with Gasteiger partial charge in [-0.15, -0.1) is 0 Å². The molecule has 112 valence electrons. The molecule has 2 rings (SSSR count). The maximum atomic E-state index is 12.3. The van der Waals surface area contributed by atoms with Crippen molar-refractivity contribution in [2.75, 3.05) is 5.32 Å². The van der Waals surface area contributed by atoms with Crippen LogP contribution in [0.4, 0.5) is 5.69 Å². The maximum absolute atomic E-state index is 12.3. The van der Waals surface area contributed by atoms with Gasteiger partial charge in [-0.05, 0) is 32.7 Å². The molecule has 0 bridgehead atoms. The Kier molecular flexibility index (Phi) is 3.78. The van der Waals surface area contributed by atoms with Crippen LogP contribution in [0, 0.1) is 16.7 Å². The number of hydrogen-bond acceptors (Lipinski definition) is 3. The van der Waals surface area contributed by atoms with E-state index in [2.05, 4.69) is 67.9 Å². The molecular formula is C15H24BrN3O. The van der Waals surface area contributed by atoms with Crippen LogP contribution in [0.5, 0.6) is 0 Å². The van der Waals surface area contributed by atoms with E-state index >= 15 is 0 Å². The molecule has 0 atom stereocenters. The summed E-state index contributed by atoms with van der Waals surface area (Å²) in [5, 5.41) is 7.73. The average Bonchev–Trinajstić information content (AvgIpc) is 2.70. The second-order valence-electron chi connectivity index (χ2n) is 7.27. The molecule has 1 N–H and O–H groups in total. The lowest BCUT2D eigenvalue weighted by Crippen LogP contribution is -2.27. The molecule has 0 amide bonds. The summed E-state index contributed by atoms with van der Waals surface area (Å²) in [6.07, 6.45) is 1.75. The first-order chi connectivity index (χ1) is 9.09. The SMILES string of the molecule is CC(C)Cn1ncc(NC2C(C)(C)C2(C)C)c(Br)c1=O. The second kappa shape index (κ2) is 4.86. The minimum Gasteiger partial charge on any atom is -0.379 e. The molecule has 1 fully saturated rings. The highest BCUT2D eigenvalue weighted by Crippen LogP contribution is 2.63. The number of halogens is 1. The van der Waals surface area contributed by atoms with Crippen molar-refractivity contribution in [2.45, 2.75) is 54.1 Å². The topological polar surface area (TPSA) is 46.9 Å². The Morgan fingerprint density at radius 1 is 1.35 bits per heavy atom. The number of hydrogen-bond donors (Lipinski definition) is 1. The molecule has 0 saturated heterocycles. The molecule has 1 aromatic heterocycles. The second-order valence-corrected chi connectivity index (χ2v) is 8.07. The van der Waals surface area contributed by atoms with Gasteiger partial charge in [-0.1, -0.05) is 41.5 Å². The molecule has 1 aromatic rings. The Labute approximate surface area is 129 Å². The van der Waals surface area contributed by atoms with Crippen LogP contribution in [0.3, 0.4) is 0 Å². The van der Waals surface area contributed by atoms with Crippen LogP contribution in [-0.2, 0) is 6.54 Å². The highest BCUT2D eigenvalue weighted by Gasteiger charge is 2.65. The number of rotatable bonds is 4. The number of anilines is 1. The van der Waals surface area contributed by atoms with Crippen molar-refractivity contribution >= 4 is 21.6 Å². The van der Waals surface area contributed by atoms with Crippen molar-refractivity contribution in [1.29, 1.82) is 0 Å². The van der Waals surface area contributed by atoms with Crippen LogP contribution in [0.2, 0.25) is 0 Å². The standard InChI is InChI=1S/C15H24BrN3O/c1-9(2)8-19-12(20)11(16)10(7-17-19)18-13-14(3,4)15(13,5)6/h7,9,13,18H,8H2,1-6H3. The zero-order chi connectivity index (χ0) is 15.3. The zero-order valence-corrected chi connectivity index (χ0v) is 14.7. The molecule has 1 saturated carbocycles. The summed E-state index contributed by atoms with van der Waals surface area (Å²) in [5.41, 5.74) is 1.16. The van der Waals surface area contributed by atoms with Crippen LogP contribution in [0.25, 0.3) is 0 Å². The van der Waals surface area contributed by atoms with Gasteiger partial charge in [-0.2, -0.15) is 5.10 Å². The molecule has 1 aliphatic rings. The highest BCUT2D eigenvalue weighted by molar-refractivity contribution is 9.10. The lowest BCUT2D eigenvalue weighted by Gasteiger charge is -2.13. The normalized spacial score (nSPS) is 20.2. The smallest absolute Gasteiger partial charge is 0.283 e. The maximum Gasteiger partial charge on any atom is 0.283 e. The Bertz CT molecular complexity index is 561. The first kappa shape index (κ1) is 15.5. The van der Waals surface area contributed by atoms with Crippen molar-refractivity contribution in [3.63, 3.8) is 0 Å². The molecule has 20 heavy (non-hydrogen) atoms. The van der Waals surface area contributed by atoms with E-state index in [0.29, 0.717) is 23.0 Å². The van der Waals surface area contributed by atoms with Crippen molar-refractivity contribution < 1.29 is 0 Å². The minimum absolute atomic E-state index is 0.0695. The van der Waals surface area contributed by atoms with Crippen molar-refractivity contribution in [3.05, 3.63) is 21.0 Å². The summed E-state index contributed by atoms with van der Waals surface area (Å²) in [5.74, 6) is 0.396. The predicted octanol–water partition coefficient (Wildman–Crippen LogP) is 3.51. The van der Waals surface area contributed by atoms with E-state index in [-0.39, 0.29) is 16.4 Å². The van der Waals surface area contributed by atoms with Gasteiger partial charge in [-0.3, -0.25) is 4.79 Å². The third-order valence-electron chi connectivity index (χ3n) is 4.84. The predicted molar refractivity (Wildman–Crippen MR) is 86.0 cm³/mol. The number of nitrogens with zero attached hydrogens (tertiary/aromatic N) is 2. The van der Waals surface area contributed by atoms with Gasteiger partial charge in [0.1, 0.15) is 4.47 Å². The fourth-order valence-electron chi connectivity index (χ4n) is 2.75. The van der Waals surface area contributed by atoms with Gasteiger partial charge in [0, 0.05) is 12.6 Å². The van der Waals surface area contributed by atoms with E-state index in [1.54, 1.807) is 6.20 Å². The summed E-state index contributed by atoms with van der Waals surface area (Å²) in [6.45, 7) is 13.8. The van der Waals surface area contributed by atoms with Crippen LogP contribution >= 0.6 is 15.9 Å². The van der Waals surface area contributed by atoms with E-state index in [1.165, 1.54) is 4.68 Å². The third-order valence-corrected chi connectivity index (χ3v) is 5.61. The molecule has 1 aliphatic carbocycles. The number of nitrogens with one attached hydrogen (secondary N) is 1. The van der Waals surface area contributed by atoms with Gasteiger partial charge < -0.3 is 5.32 Å².